The third-order valence-corrected chi connectivity index (χ3v) is 5.27. The van der Waals surface area contributed by atoms with Crippen LogP contribution in [0.15, 0.2) is 56.3 Å². The first-order chi connectivity index (χ1) is 11.0. The maximum atomic E-state index is 11.8. The van der Waals surface area contributed by atoms with E-state index in [0.717, 1.165) is 14.5 Å². The molecule has 0 unspecified atom stereocenters. The largest absolute Gasteiger partial charge is 0.456 e. The molecule has 2 aromatic carbocycles. The SMILES string of the molecule is O=C1NC(=S)S/C1=C\c1ccc(Br)cc1Oc1ccccc1Br. The first kappa shape index (κ1) is 16.7. The Bertz CT molecular complexity index is 837. The highest BCUT2D eigenvalue weighted by Gasteiger charge is 2.22. The quantitative estimate of drug-likeness (QED) is 0.475. The second-order valence-corrected chi connectivity index (χ2v) is 8.06. The molecule has 1 aliphatic rings. The Labute approximate surface area is 159 Å². The van der Waals surface area contributed by atoms with Gasteiger partial charge in [0.25, 0.3) is 5.91 Å². The first-order valence-corrected chi connectivity index (χ1v) is 9.31. The number of amides is 1. The number of carbonyl (C=O) groups excluding carboxylic acids is 1. The third kappa shape index (κ3) is 4.03. The van der Waals surface area contributed by atoms with Gasteiger partial charge in [0, 0.05) is 10.0 Å². The van der Waals surface area contributed by atoms with Gasteiger partial charge in [-0.15, -0.1) is 0 Å². The van der Waals surface area contributed by atoms with Crippen LogP contribution in [0.4, 0.5) is 0 Å². The molecule has 7 heteroatoms. The van der Waals surface area contributed by atoms with E-state index in [1.165, 1.54) is 11.8 Å². The van der Waals surface area contributed by atoms with Gasteiger partial charge in [-0.3, -0.25) is 4.79 Å². The van der Waals surface area contributed by atoms with E-state index in [1.807, 2.05) is 42.5 Å². The molecular formula is C16H9Br2NO2S2. The number of ether oxygens (including phenoxy) is 1. The zero-order valence-electron chi connectivity index (χ0n) is 11.5. The lowest BCUT2D eigenvalue weighted by Gasteiger charge is -2.11. The van der Waals surface area contributed by atoms with Crippen LogP contribution in [0.1, 0.15) is 5.56 Å². The Hall–Kier alpha value is -1.15. The fraction of sp³-hybridized carbons (Fsp3) is 0. The van der Waals surface area contributed by atoms with Gasteiger partial charge in [0.15, 0.2) is 0 Å². The minimum Gasteiger partial charge on any atom is -0.456 e. The van der Waals surface area contributed by atoms with Crippen molar-refractivity contribution < 1.29 is 9.53 Å². The van der Waals surface area contributed by atoms with Crippen LogP contribution in [-0.4, -0.2) is 10.2 Å². The molecule has 116 valence electrons. The van der Waals surface area contributed by atoms with Gasteiger partial charge >= 0.3 is 0 Å². The molecule has 1 N–H and O–H groups in total. The fourth-order valence-corrected chi connectivity index (χ4v) is 3.66. The molecule has 1 saturated heterocycles. The summed E-state index contributed by atoms with van der Waals surface area (Å²) in [6.45, 7) is 0. The van der Waals surface area contributed by atoms with Crippen LogP contribution < -0.4 is 10.1 Å². The lowest BCUT2D eigenvalue weighted by atomic mass is 10.2. The first-order valence-electron chi connectivity index (χ1n) is 6.50. The molecule has 2 aromatic rings. The van der Waals surface area contributed by atoms with E-state index in [1.54, 1.807) is 6.08 Å². The van der Waals surface area contributed by atoms with Crippen molar-refractivity contribution in [2.45, 2.75) is 0 Å². The number of hydrogen-bond acceptors (Lipinski definition) is 4. The lowest BCUT2D eigenvalue weighted by Crippen LogP contribution is -2.17. The summed E-state index contributed by atoms with van der Waals surface area (Å²) in [5.74, 6) is 1.16. The summed E-state index contributed by atoms with van der Waals surface area (Å²) in [5, 5.41) is 2.61. The molecule has 1 amide bonds. The second kappa shape index (κ2) is 7.17. The van der Waals surface area contributed by atoms with Crippen LogP contribution in [0.25, 0.3) is 6.08 Å². The molecule has 0 aromatic heterocycles. The molecule has 1 aliphatic heterocycles. The predicted molar refractivity (Wildman–Crippen MR) is 105 cm³/mol. The molecular weight excluding hydrogens is 462 g/mol. The summed E-state index contributed by atoms with van der Waals surface area (Å²) in [7, 11) is 0. The maximum absolute atomic E-state index is 11.8. The van der Waals surface area contributed by atoms with Crippen molar-refractivity contribution in [2.24, 2.45) is 0 Å². The van der Waals surface area contributed by atoms with Gasteiger partial charge in [0.1, 0.15) is 15.8 Å². The van der Waals surface area contributed by atoms with Gasteiger partial charge in [-0.1, -0.05) is 58.1 Å². The Kier molecular flexibility index (Phi) is 5.21. The standard InChI is InChI=1S/C16H9Br2NO2S2/c17-10-6-5-9(7-14-15(20)19-16(22)23-14)13(8-10)21-12-4-2-1-3-11(12)18/h1-8H,(H,19,20,22)/b14-7-. The molecule has 0 radical (unpaired) electrons. The van der Waals surface area contributed by atoms with Crippen molar-refractivity contribution in [1.82, 2.24) is 5.32 Å². The van der Waals surface area contributed by atoms with Crippen molar-refractivity contribution in [3.05, 3.63) is 61.9 Å². The molecule has 3 nitrogen and oxygen atoms in total. The molecule has 1 heterocycles. The minimum atomic E-state index is -0.185. The van der Waals surface area contributed by atoms with Crippen LogP contribution in [0.5, 0.6) is 11.5 Å². The number of nitrogens with one attached hydrogen (secondary N) is 1. The van der Waals surface area contributed by atoms with E-state index >= 15 is 0 Å². The number of halogens is 2. The number of benzene rings is 2. The molecule has 3 rings (SSSR count). The minimum absolute atomic E-state index is 0.185. The summed E-state index contributed by atoms with van der Waals surface area (Å²) >= 11 is 13.2. The number of carbonyl (C=O) groups is 1. The normalized spacial score (nSPS) is 15.8. The summed E-state index contributed by atoms with van der Waals surface area (Å²) in [4.78, 5) is 12.4. The molecule has 0 bridgehead atoms. The zero-order chi connectivity index (χ0) is 16.4. The maximum Gasteiger partial charge on any atom is 0.263 e. The van der Waals surface area contributed by atoms with Crippen LogP contribution >= 0.6 is 55.8 Å². The summed E-state index contributed by atoms with van der Waals surface area (Å²) in [6.07, 6.45) is 1.78. The van der Waals surface area contributed by atoms with Gasteiger partial charge in [-0.25, -0.2) is 0 Å². The van der Waals surface area contributed by atoms with Crippen molar-refractivity contribution in [3.8, 4) is 11.5 Å². The Morgan fingerprint density at radius 1 is 1.13 bits per heavy atom. The average Bonchev–Trinajstić information content (AvgIpc) is 2.82. The molecule has 1 fully saturated rings. The van der Waals surface area contributed by atoms with Crippen molar-refractivity contribution >= 4 is 72.1 Å². The Morgan fingerprint density at radius 3 is 2.61 bits per heavy atom. The van der Waals surface area contributed by atoms with E-state index < -0.39 is 0 Å². The van der Waals surface area contributed by atoms with Crippen molar-refractivity contribution in [1.29, 1.82) is 0 Å². The molecule has 0 aliphatic carbocycles. The number of thiocarbonyl (C=S) groups is 1. The topological polar surface area (TPSA) is 38.3 Å². The van der Waals surface area contributed by atoms with Crippen LogP contribution in [0, 0.1) is 0 Å². The van der Waals surface area contributed by atoms with Gasteiger partial charge in [0.2, 0.25) is 0 Å². The number of hydrogen-bond donors (Lipinski definition) is 1. The van der Waals surface area contributed by atoms with Gasteiger partial charge in [-0.2, -0.15) is 0 Å². The predicted octanol–water partition coefficient (Wildman–Crippen LogP) is 5.49. The molecule has 0 atom stereocenters. The third-order valence-electron chi connectivity index (χ3n) is 2.96. The fourth-order valence-electron chi connectivity index (χ4n) is 1.92. The van der Waals surface area contributed by atoms with Crippen molar-refractivity contribution in [3.63, 3.8) is 0 Å². The van der Waals surface area contributed by atoms with Crippen LogP contribution in [0.3, 0.4) is 0 Å². The van der Waals surface area contributed by atoms with E-state index in [4.69, 9.17) is 17.0 Å². The zero-order valence-corrected chi connectivity index (χ0v) is 16.3. The van der Waals surface area contributed by atoms with Crippen molar-refractivity contribution in [2.75, 3.05) is 0 Å². The summed E-state index contributed by atoms with van der Waals surface area (Å²) < 4.78 is 8.21. The average molecular weight is 471 g/mol. The Balaban J connectivity index is 1.99. The van der Waals surface area contributed by atoms with Gasteiger partial charge < -0.3 is 10.1 Å². The van der Waals surface area contributed by atoms with Gasteiger partial charge in [0.05, 0.1) is 9.38 Å². The van der Waals surface area contributed by atoms with Crippen LogP contribution in [0.2, 0.25) is 0 Å². The monoisotopic (exact) mass is 469 g/mol. The molecule has 23 heavy (non-hydrogen) atoms. The highest BCUT2D eigenvalue weighted by atomic mass is 79.9. The van der Waals surface area contributed by atoms with E-state index in [0.29, 0.717) is 20.7 Å². The van der Waals surface area contributed by atoms with Gasteiger partial charge in [-0.05, 0) is 46.3 Å². The van der Waals surface area contributed by atoms with E-state index in [-0.39, 0.29) is 5.91 Å². The molecule has 0 spiro atoms. The smallest absolute Gasteiger partial charge is 0.263 e. The lowest BCUT2D eigenvalue weighted by molar-refractivity contribution is -0.115. The Morgan fingerprint density at radius 2 is 1.91 bits per heavy atom. The molecule has 0 saturated carbocycles. The highest BCUT2D eigenvalue weighted by Crippen LogP contribution is 2.35. The highest BCUT2D eigenvalue weighted by molar-refractivity contribution is 9.10. The summed E-state index contributed by atoms with van der Waals surface area (Å²) in [5.41, 5.74) is 0.798. The number of para-hydroxylation sites is 1. The number of rotatable bonds is 3. The van der Waals surface area contributed by atoms with E-state index in [2.05, 4.69) is 37.2 Å². The van der Waals surface area contributed by atoms with E-state index in [9.17, 15) is 4.79 Å². The van der Waals surface area contributed by atoms with Crippen LogP contribution in [-0.2, 0) is 4.79 Å². The second-order valence-electron chi connectivity index (χ2n) is 4.57. The number of thioether (sulfide) groups is 1. The summed E-state index contributed by atoms with van der Waals surface area (Å²) in [6, 6.07) is 13.2.